The lowest BCUT2D eigenvalue weighted by Crippen LogP contribution is -2.29. The molecule has 1 aromatic heterocycles. The highest BCUT2D eigenvalue weighted by molar-refractivity contribution is 5.47. The molecule has 4 nitrogen and oxygen atoms in total. The van der Waals surface area contributed by atoms with Gasteiger partial charge in [0.1, 0.15) is 0 Å². The molecule has 0 aliphatic heterocycles. The van der Waals surface area contributed by atoms with Crippen molar-refractivity contribution in [3.05, 3.63) is 24.0 Å². The molecule has 0 saturated heterocycles. The molecular formula is C13H21N3O. The second-order valence-electron chi connectivity index (χ2n) is 4.65. The van der Waals surface area contributed by atoms with Gasteiger partial charge in [0.2, 0.25) is 0 Å². The Morgan fingerprint density at radius 1 is 1.53 bits per heavy atom. The first kappa shape index (κ1) is 12.3. The summed E-state index contributed by atoms with van der Waals surface area (Å²) in [5.74, 6) is 0. The summed E-state index contributed by atoms with van der Waals surface area (Å²) in [4.78, 5) is 6.79. The van der Waals surface area contributed by atoms with Crippen LogP contribution in [0.3, 0.4) is 0 Å². The monoisotopic (exact) mass is 235 g/mol. The quantitative estimate of drug-likeness (QED) is 0.815. The Bertz CT molecular complexity index is 346. The molecule has 1 aliphatic carbocycles. The van der Waals surface area contributed by atoms with Crippen molar-refractivity contribution in [1.82, 2.24) is 4.98 Å². The van der Waals surface area contributed by atoms with E-state index in [2.05, 4.69) is 16.0 Å². The van der Waals surface area contributed by atoms with Gasteiger partial charge >= 0.3 is 0 Å². The molecule has 1 aromatic rings. The molecule has 4 heteroatoms. The van der Waals surface area contributed by atoms with Crippen LogP contribution in [0.1, 0.15) is 31.5 Å². The van der Waals surface area contributed by atoms with E-state index in [1.165, 1.54) is 18.5 Å². The summed E-state index contributed by atoms with van der Waals surface area (Å²) in [5, 5.41) is 0. The maximum absolute atomic E-state index is 5.80. The Morgan fingerprint density at radius 3 is 2.76 bits per heavy atom. The molecule has 0 radical (unpaired) electrons. The van der Waals surface area contributed by atoms with Crippen LogP contribution in [0.25, 0.3) is 0 Å². The van der Waals surface area contributed by atoms with Crippen LogP contribution in [0.4, 0.5) is 5.69 Å². The number of nitrogens with zero attached hydrogens (tertiary/aromatic N) is 2. The van der Waals surface area contributed by atoms with Crippen molar-refractivity contribution in [2.24, 2.45) is 5.73 Å². The van der Waals surface area contributed by atoms with Gasteiger partial charge in [-0.25, -0.2) is 0 Å². The minimum Gasteiger partial charge on any atom is -0.383 e. The first-order valence-corrected chi connectivity index (χ1v) is 6.19. The Balaban J connectivity index is 2.07. The average Bonchev–Trinajstić information content (AvgIpc) is 3.14. The highest BCUT2D eigenvalue weighted by atomic mass is 16.5. The predicted molar refractivity (Wildman–Crippen MR) is 69.1 cm³/mol. The third-order valence-electron chi connectivity index (χ3n) is 3.09. The summed E-state index contributed by atoms with van der Waals surface area (Å²) in [5.41, 5.74) is 7.91. The third kappa shape index (κ3) is 3.17. The Kier molecular flexibility index (Phi) is 3.97. The van der Waals surface area contributed by atoms with E-state index in [1.54, 1.807) is 7.11 Å². The average molecular weight is 235 g/mol. The van der Waals surface area contributed by atoms with Crippen molar-refractivity contribution >= 4 is 5.69 Å². The van der Waals surface area contributed by atoms with Crippen LogP contribution in [0.5, 0.6) is 0 Å². The zero-order chi connectivity index (χ0) is 12.3. The molecule has 0 bridgehead atoms. The summed E-state index contributed by atoms with van der Waals surface area (Å²) in [6.07, 6.45) is 4.48. The second-order valence-corrected chi connectivity index (χ2v) is 4.65. The molecule has 0 spiro atoms. The lowest BCUT2D eigenvalue weighted by Gasteiger charge is -2.24. The number of methoxy groups -OCH3 is 1. The molecule has 0 amide bonds. The van der Waals surface area contributed by atoms with Gasteiger partial charge in [0.25, 0.3) is 0 Å². The van der Waals surface area contributed by atoms with Gasteiger partial charge in [-0.2, -0.15) is 0 Å². The summed E-state index contributed by atoms with van der Waals surface area (Å²) in [6, 6.07) is 4.80. The molecule has 2 rings (SSSR count). The van der Waals surface area contributed by atoms with Crippen LogP contribution >= 0.6 is 0 Å². The number of hydrogen-bond acceptors (Lipinski definition) is 4. The van der Waals surface area contributed by atoms with Crippen LogP contribution in [0.15, 0.2) is 18.3 Å². The van der Waals surface area contributed by atoms with E-state index in [4.69, 9.17) is 10.5 Å². The van der Waals surface area contributed by atoms with Crippen molar-refractivity contribution in [3.63, 3.8) is 0 Å². The minimum absolute atomic E-state index is 0.00241. The molecule has 0 aromatic carbocycles. The molecule has 1 unspecified atom stereocenters. The van der Waals surface area contributed by atoms with Gasteiger partial charge in [-0.15, -0.1) is 0 Å². The molecule has 1 atom stereocenters. The lowest BCUT2D eigenvalue weighted by molar-refractivity contribution is 0.205. The lowest BCUT2D eigenvalue weighted by atomic mass is 10.2. The highest BCUT2D eigenvalue weighted by Crippen LogP contribution is 2.31. The smallest absolute Gasteiger partial charge is 0.0637 e. The largest absolute Gasteiger partial charge is 0.383 e. The van der Waals surface area contributed by atoms with E-state index >= 15 is 0 Å². The van der Waals surface area contributed by atoms with E-state index in [9.17, 15) is 0 Å². The summed E-state index contributed by atoms with van der Waals surface area (Å²) in [6.45, 7) is 3.64. The fourth-order valence-electron chi connectivity index (χ4n) is 1.94. The van der Waals surface area contributed by atoms with E-state index < -0.39 is 0 Å². The fraction of sp³-hybridized carbons (Fsp3) is 0.615. The zero-order valence-electron chi connectivity index (χ0n) is 10.6. The second kappa shape index (κ2) is 5.47. The normalized spacial score (nSPS) is 16.9. The third-order valence-corrected chi connectivity index (χ3v) is 3.09. The number of pyridine rings is 1. The zero-order valence-corrected chi connectivity index (χ0v) is 10.6. The number of hydrogen-bond donors (Lipinski definition) is 1. The Hall–Kier alpha value is -1.13. The maximum atomic E-state index is 5.80. The van der Waals surface area contributed by atoms with Crippen molar-refractivity contribution in [1.29, 1.82) is 0 Å². The predicted octanol–water partition coefficient (Wildman–Crippen LogP) is 1.72. The molecule has 1 saturated carbocycles. The van der Waals surface area contributed by atoms with Gasteiger partial charge < -0.3 is 15.4 Å². The Morgan fingerprint density at radius 2 is 2.29 bits per heavy atom. The molecule has 1 heterocycles. The van der Waals surface area contributed by atoms with E-state index in [0.29, 0.717) is 6.04 Å². The van der Waals surface area contributed by atoms with Crippen LogP contribution in [0.2, 0.25) is 0 Å². The van der Waals surface area contributed by atoms with Gasteiger partial charge in [0, 0.05) is 25.7 Å². The Labute approximate surface area is 103 Å². The van der Waals surface area contributed by atoms with E-state index in [-0.39, 0.29) is 6.04 Å². The topological polar surface area (TPSA) is 51.4 Å². The summed E-state index contributed by atoms with van der Waals surface area (Å²) in [7, 11) is 1.74. The van der Waals surface area contributed by atoms with Crippen molar-refractivity contribution < 1.29 is 4.74 Å². The van der Waals surface area contributed by atoms with Gasteiger partial charge in [-0.05, 0) is 31.9 Å². The number of ether oxygens (including phenoxy) is 1. The SMILES string of the molecule is COCCN(c1ccc(C(C)N)nc1)C1CC1. The molecular weight excluding hydrogens is 214 g/mol. The van der Waals surface area contributed by atoms with E-state index in [0.717, 1.165) is 18.8 Å². The van der Waals surface area contributed by atoms with Crippen molar-refractivity contribution in [2.75, 3.05) is 25.2 Å². The van der Waals surface area contributed by atoms with Crippen LogP contribution in [-0.2, 0) is 4.74 Å². The van der Waals surface area contributed by atoms with Crippen LogP contribution in [-0.4, -0.2) is 31.3 Å². The molecule has 2 N–H and O–H groups in total. The maximum Gasteiger partial charge on any atom is 0.0637 e. The highest BCUT2D eigenvalue weighted by Gasteiger charge is 2.29. The van der Waals surface area contributed by atoms with Crippen LogP contribution in [0, 0.1) is 0 Å². The van der Waals surface area contributed by atoms with Gasteiger partial charge in [-0.3, -0.25) is 4.98 Å². The first-order valence-electron chi connectivity index (χ1n) is 6.19. The number of nitrogens with two attached hydrogens (primary N) is 1. The first-order chi connectivity index (χ1) is 8.22. The minimum atomic E-state index is -0.00241. The molecule has 17 heavy (non-hydrogen) atoms. The number of rotatable bonds is 6. The van der Waals surface area contributed by atoms with Gasteiger partial charge in [-0.1, -0.05) is 0 Å². The number of aromatic nitrogens is 1. The standard InChI is InChI=1S/C13H21N3O/c1-10(14)13-6-5-12(9-15-13)16(7-8-17-2)11-3-4-11/h5-6,9-11H,3-4,7-8,14H2,1-2H3. The number of anilines is 1. The van der Waals surface area contributed by atoms with Crippen LogP contribution < -0.4 is 10.6 Å². The molecule has 1 aliphatic rings. The molecule has 1 fully saturated rings. The van der Waals surface area contributed by atoms with Crippen molar-refractivity contribution in [3.8, 4) is 0 Å². The van der Waals surface area contributed by atoms with E-state index in [1.807, 2.05) is 19.2 Å². The summed E-state index contributed by atoms with van der Waals surface area (Å²) >= 11 is 0. The summed E-state index contributed by atoms with van der Waals surface area (Å²) < 4.78 is 5.15. The molecule has 94 valence electrons. The van der Waals surface area contributed by atoms with Gasteiger partial charge in [0.15, 0.2) is 0 Å². The fourth-order valence-corrected chi connectivity index (χ4v) is 1.94. The van der Waals surface area contributed by atoms with Gasteiger partial charge in [0.05, 0.1) is 24.2 Å². The van der Waals surface area contributed by atoms with Crippen molar-refractivity contribution in [2.45, 2.75) is 31.8 Å².